The monoisotopic (exact) mass is 214 g/mol. The van der Waals surface area contributed by atoms with E-state index < -0.39 is 0 Å². The minimum Gasteiger partial charge on any atom is -0.244 e. The Morgan fingerprint density at radius 2 is 1.47 bits per heavy atom. The van der Waals surface area contributed by atoms with Gasteiger partial charge in [0.2, 0.25) is 0 Å². The molecule has 72 valence electrons. The van der Waals surface area contributed by atoms with Crippen molar-refractivity contribution in [2.45, 2.75) is 0 Å². The van der Waals surface area contributed by atoms with E-state index in [9.17, 15) is 0 Å². The van der Waals surface area contributed by atoms with Crippen LogP contribution in [0, 0.1) is 11.8 Å². The third-order valence-corrected chi connectivity index (χ3v) is 2.01. The number of aromatic nitrogens is 2. The largest absolute Gasteiger partial charge is 0.244 e. The van der Waals surface area contributed by atoms with E-state index >= 15 is 0 Å². The van der Waals surface area contributed by atoms with Gasteiger partial charge in [0.15, 0.2) is 0 Å². The highest BCUT2D eigenvalue weighted by Crippen LogP contribution is 2.08. The molecule has 0 saturated carbocycles. The van der Waals surface area contributed by atoms with Crippen LogP contribution in [0.4, 0.5) is 0 Å². The minimum atomic E-state index is 0.712. The molecule has 0 aliphatic rings. The molecule has 2 aromatic rings. The van der Waals surface area contributed by atoms with Crippen LogP contribution in [0.25, 0.3) is 0 Å². The molecule has 0 amide bonds. The molecule has 3 heteroatoms. The smallest absolute Gasteiger partial charge is 0.115 e. The zero-order valence-electron chi connectivity index (χ0n) is 7.81. The van der Waals surface area contributed by atoms with E-state index in [0.717, 1.165) is 11.1 Å². The van der Waals surface area contributed by atoms with Gasteiger partial charge in [0.25, 0.3) is 0 Å². The molecule has 0 radical (unpaired) electrons. The molecular weight excluding hydrogens is 208 g/mol. The fraction of sp³-hybridized carbons (Fsp3) is 0. The second-order valence-electron chi connectivity index (χ2n) is 2.88. The first-order valence-corrected chi connectivity index (χ1v) is 4.75. The lowest BCUT2D eigenvalue weighted by molar-refractivity contribution is 1.16. The molecule has 0 bridgehead atoms. The highest BCUT2D eigenvalue weighted by Gasteiger charge is 1.88. The second kappa shape index (κ2) is 4.59. The van der Waals surface area contributed by atoms with Gasteiger partial charge in [-0.2, -0.15) is 0 Å². The van der Waals surface area contributed by atoms with E-state index in [2.05, 4.69) is 21.8 Å². The Bertz CT molecular complexity index is 495. The molecule has 0 atom stereocenters. The van der Waals surface area contributed by atoms with Crippen LogP contribution in [0.15, 0.2) is 43.0 Å². The maximum atomic E-state index is 5.76. The lowest BCUT2D eigenvalue weighted by atomic mass is 10.2. The molecule has 1 heterocycles. The number of rotatable bonds is 0. The zero-order valence-corrected chi connectivity index (χ0v) is 8.57. The van der Waals surface area contributed by atoms with Crippen molar-refractivity contribution in [3.05, 3.63) is 59.1 Å². The summed E-state index contributed by atoms with van der Waals surface area (Å²) in [4.78, 5) is 7.75. The van der Waals surface area contributed by atoms with Crippen LogP contribution in [0.5, 0.6) is 0 Å². The summed E-state index contributed by atoms with van der Waals surface area (Å²) in [7, 11) is 0. The molecule has 2 rings (SSSR count). The van der Waals surface area contributed by atoms with Crippen LogP contribution in [0.3, 0.4) is 0 Å². The van der Waals surface area contributed by atoms with Crippen molar-refractivity contribution in [2.75, 3.05) is 0 Å². The molecule has 1 aromatic carbocycles. The Kier molecular flexibility index (Phi) is 2.96. The van der Waals surface area contributed by atoms with Crippen LogP contribution in [-0.4, -0.2) is 9.97 Å². The van der Waals surface area contributed by atoms with E-state index in [4.69, 9.17) is 11.6 Å². The summed E-state index contributed by atoms with van der Waals surface area (Å²) >= 11 is 5.76. The molecule has 0 unspecified atom stereocenters. The highest BCUT2D eigenvalue weighted by atomic mass is 35.5. The standard InChI is InChI=1S/C12H7ClN2/c13-12-5-3-10(4-6-12)1-2-11-7-14-9-15-8-11/h3-9H. The fourth-order valence-corrected chi connectivity index (χ4v) is 1.17. The third kappa shape index (κ3) is 2.80. The lowest BCUT2D eigenvalue weighted by Crippen LogP contribution is -1.80. The summed E-state index contributed by atoms with van der Waals surface area (Å²) in [6, 6.07) is 7.37. The molecule has 0 spiro atoms. The van der Waals surface area contributed by atoms with Crippen molar-refractivity contribution in [1.29, 1.82) is 0 Å². The Morgan fingerprint density at radius 1 is 0.867 bits per heavy atom. The van der Waals surface area contributed by atoms with Gasteiger partial charge in [-0.3, -0.25) is 0 Å². The minimum absolute atomic E-state index is 0.712. The second-order valence-corrected chi connectivity index (χ2v) is 3.32. The van der Waals surface area contributed by atoms with E-state index in [1.54, 1.807) is 12.4 Å². The summed E-state index contributed by atoms with van der Waals surface area (Å²) < 4.78 is 0. The van der Waals surface area contributed by atoms with Crippen molar-refractivity contribution in [2.24, 2.45) is 0 Å². The first kappa shape index (κ1) is 9.70. The van der Waals surface area contributed by atoms with Gasteiger partial charge in [0.05, 0.1) is 5.56 Å². The number of benzene rings is 1. The quantitative estimate of drug-likeness (QED) is 0.630. The van der Waals surface area contributed by atoms with Gasteiger partial charge >= 0.3 is 0 Å². The molecule has 1 aromatic heterocycles. The first-order chi connectivity index (χ1) is 7.34. The van der Waals surface area contributed by atoms with Gasteiger partial charge < -0.3 is 0 Å². The normalized spacial score (nSPS) is 9.13. The molecular formula is C12H7ClN2. The van der Waals surface area contributed by atoms with Crippen LogP contribution in [-0.2, 0) is 0 Å². The van der Waals surface area contributed by atoms with Gasteiger partial charge in [-0.25, -0.2) is 9.97 Å². The maximum Gasteiger partial charge on any atom is 0.115 e. The average Bonchev–Trinajstić information content (AvgIpc) is 2.30. The van der Waals surface area contributed by atoms with Crippen LogP contribution < -0.4 is 0 Å². The van der Waals surface area contributed by atoms with Crippen LogP contribution >= 0.6 is 11.6 Å². The average molecular weight is 215 g/mol. The van der Waals surface area contributed by atoms with E-state index in [1.165, 1.54) is 6.33 Å². The molecule has 0 saturated heterocycles. The Morgan fingerprint density at radius 3 is 2.13 bits per heavy atom. The van der Waals surface area contributed by atoms with Crippen LogP contribution in [0.2, 0.25) is 5.02 Å². The van der Waals surface area contributed by atoms with Crippen molar-refractivity contribution in [3.63, 3.8) is 0 Å². The van der Waals surface area contributed by atoms with Gasteiger partial charge in [0.1, 0.15) is 6.33 Å². The zero-order chi connectivity index (χ0) is 10.5. The van der Waals surface area contributed by atoms with E-state index in [1.807, 2.05) is 24.3 Å². The topological polar surface area (TPSA) is 25.8 Å². The first-order valence-electron chi connectivity index (χ1n) is 4.37. The summed E-state index contributed by atoms with van der Waals surface area (Å²) in [6.45, 7) is 0. The van der Waals surface area contributed by atoms with Gasteiger partial charge in [0, 0.05) is 23.0 Å². The number of halogens is 1. The van der Waals surface area contributed by atoms with Crippen molar-refractivity contribution in [1.82, 2.24) is 9.97 Å². The molecule has 0 N–H and O–H groups in total. The SMILES string of the molecule is Clc1ccc(C#Cc2cncnc2)cc1. The summed E-state index contributed by atoms with van der Waals surface area (Å²) in [5, 5.41) is 0.712. The fourth-order valence-electron chi connectivity index (χ4n) is 1.04. The van der Waals surface area contributed by atoms with Gasteiger partial charge in [-0.15, -0.1) is 0 Å². The van der Waals surface area contributed by atoms with E-state index in [0.29, 0.717) is 5.02 Å². The molecule has 0 aliphatic heterocycles. The number of nitrogens with zero attached hydrogens (tertiary/aromatic N) is 2. The Labute approximate surface area is 93.0 Å². The molecule has 2 nitrogen and oxygen atoms in total. The summed E-state index contributed by atoms with van der Waals surface area (Å²) in [6.07, 6.45) is 4.83. The predicted molar refractivity (Wildman–Crippen MR) is 59.5 cm³/mol. The van der Waals surface area contributed by atoms with Crippen molar-refractivity contribution >= 4 is 11.6 Å². The van der Waals surface area contributed by atoms with Gasteiger partial charge in [-0.1, -0.05) is 23.4 Å². The summed E-state index contributed by atoms with van der Waals surface area (Å²) in [5.41, 5.74) is 1.72. The summed E-state index contributed by atoms with van der Waals surface area (Å²) in [5.74, 6) is 5.96. The van der Waals surface area contributed by atoms with Crippen molar-refractivity contribution in [3.8, 4) is 11.8 Å². The molecule has 0 fully saturated rings. The maximum absolute atomic E-state index is 5.76. The van der Waals surface area contributed by atoms with Crippen molar-refractivity contribution < 1.29 is 0 Å². The lowest BCUT2D eigenvalue weighted by Gasteiger charge is -1.90. The molecule has 15 heavy (non-hydrogen) atoms. The Hall–Kier alpha value is -1.85. The van der Waals surface area contributed by atoms with Crippen LogP contribution in [0.1, 0.15) is 11.1 Å². The Balaban J connectivity index is 2.22. The number of hydrogen-bond donors (Lipinski definition) is 0. The molecule has 0 aliphatic carbocycles. The third-order valence-electron chi connectivity index (χ3n) is 1.76. The predicted octanol–water partition coefficient (Wildman–Crippen LogP) is 2.53. The van der Waals surface area contributed by atoms with E-state index in [-0.39, 0.29) is 0 Å². The highest BCUT2D eigenvalue weighted by molar-refractivity contribution is 6.30. The van der Waals surface area contributed by atoms with Gasteiger partial charge in [-0.05, 0) is 24.3 Å². The number of hydrogen-bond acceptors (Lipinski definition) is 2.